The lowest BCUT2D eigenvalue weighted by atomic mass is 9.81. The molecule has 4 heterocycles. The van der Waals surface area contributed by atoms with Gasteiger partial charge < -0.3 is 9.80 Å². The fourth-order valence-corrected chi connectivity index (χ4v) is 5.02. The van der Waals surface area contributed by atoms with Gasteiger partial charge in [0.05, 0.1) is 5.56 Å². The molecule has 2 aliphatic rings. The third-order valence-corrected chi connectivity index (χ3v) is 6.57. The molecule has 0 bridgehead atoms. The van der Waals surface area contributed by atoms with Crippen molar-refractivity contribution in [1.29, 1.82) is 0 Å². The van der Waals surface area contributed by atoms with Crippen molar-refractivity contribution in [2.24, 2.45) is 5.92 Å². The van der Waals surface area contributed by atoms with Crippen molar-refractivity contribution in [3.05, 3.63) is 95.8 Å². The van der Waals surface area contributed by atoms with Crippen LogP contribution in [0.15, 0.2) is 73.2 Å². The molecule has 2 fully saturated rings. The molecular formula is C25H23FN4O2. The summed E-state index contributed by atoms with van der Waals surface area (Å²) in [5.74, 6) is -0.372. The van der Waals surface area contributed by atoms with E-state index in [9.17, 15) is 14.0 Å². The van der Waals surface area contributed by atoms with Gasteiger partial charge >= 0.3 is 0 Å². The smallest absolute Gasteiger partial charge is 0.272 e. The number of fused-ring (bicyclic) bond motifs is 1. The lowest BCUT2D eigenvalue weighted by molar-refractivity contribution is 0.0531. The molecule has 6 nitrogen and oxygen atoms in total. The monoisotopic (exact) mass is 430 g/mol. The molecule has 0 N–H and O–H groups in total. The van der Waals surface area contributed by atoms with E-state index >= 15 is 0 Å². The highest BCUT2D eigenvalue weighted by Crippen LogP contribution is 2.42. The highest BCUT2D eigenvalue weighted by atomic mass is 19.1. The Morgan fingerprint density at radius 3 is 2.50 bits per heavy atom. The number of piperidine rings is 1. The molecule has 2 aromatic heterocycles. The number of amides is 2. The van der Waals surface area contributed by atoms with E-state index in [2.05, 4.69) is 9.97 Å². The Labute approximate surface area is 185 Å². The van der Waals surface area contributed by atoms with Crippen molar-refractivity contribution in [2.75, 3.05) is 19.6 Å². The minimum Gasteiger partial charge on any atom is -0.338 e. The molecule has 162 valence electrons. The molecule has 2 aliphatic heterocycles. The maximum Gasteiger partial charge on any atom is 0.272 e. The van der Waals surface area contributed by atoms with Crippen molar-refractivity contribution in [2.45, 2.75) is 18.4 Å². The van der Waals surface area contributed by atoms with E-state index in [0.29, 0.717) is 37.3 Å². The summed E-state index contributed by atoms with van der Waals surface area (Å²) in [6.07, 6.45) is 5.53. The molecule has 3 aromatic rings. The molecule has 32 heavy (non-hydrogen) atoms. The van der Waals surface area contributed by atoms with E-state index in [1.165, 1.54) is 12.1 Å². The number of carbonyl (C=O) groups is 2. The molecule has 1 aromatic carbocycles. The van der Waals surface area contributed by atoms with Crippen LogP contribution in [0.4, 0.5) is 4.39 Å². The summed E-state index contributed by atoms with van der Waals surface area (Å²) in [5.41, 5.74) is 1.96. The van der Waals surface area contributed by atoms with Gasteiger partial charge in [-0.2, -0.15) is 0 Å². The van der Waals surface area contributed by atoms with E-state index in [-0.39, 0.29) is 35.5 Å². The maximum absolute atomic E-state index is 13.6. The molecule has 2 amide bonds. The van der Waals surface area contributed by atoms with Gasteiger partial charge in [0.25, 0.3) is 11.8 Å². The first-order valence-corrected chi connectivity index (χ1v) is 10.8. The van der Waals surface area contributed by atoms with Gasteiger partial charge in [0, 0.05) is 56.1 Å². The predicted molar refractivity (Wildman–Crippen MR) is 116 cm³/mol. The topological polar surface area (TPSA) is 66.4 Å². The first-order valence-electron chi connectivity index (χ1n) is 10.8. The fourth-order valence-electron chi connectivity index (χ4n) is 5.02. The number of halogens is 1. The van der Waals surface area contributed by atoms with Gasteiger partial charge in [-0.25, -0.2) is 4.39 Å². The maximum atomic E-state index is 13.6. The van der Waals surface area contributed by atoms with Gasteiger partial charge in [0.2, 0.25) is 0 Å². The van der Waals surface area contributed by atoms with Crippen molar-refractivity contribution >= 4 is 11.8 Å². The fraction of sp³-hybridized carbons (Fsp3) is 0.280. The van der Waals surface area contributed by atoms with Crippen LogP contribution in [-0.2, 0) is 0 Å². The quantitative estimate of drug-likeness (QED) is 0.639. The van der Waals surface area contributed by atoms with E-state index in [0.717, 1.165) is 5.56 Å². The Kier molecular flexibility index (Phi) is 5.39. The van der Waals surface area contributed by atoms with Crippen LogP contribution in [0.25, 0.3) is 0 Å². The van der Waals surface area contributed by atoms with Crippen LogP contribution < -0.4 is 0 Å². The number of hydrogen-bond donors (Lipinski definition) is 0. The van der Waals surface area contributed by atoms with Crippen LogP contribution in [0.5, 0.6) is 0 Å². The van der Waals surface area contributed by atoms with Crippen molar-refractivity contribution in [3.63, 3.8) is 0 Å². The van der Waals surface area contributed by atoms with Gasteiger partial charge in [-0.15, -0.1) is 0 Å². The third kappa shape index (κ3) is 3.75. The summed E-state index contributed by atoms with van der Waals surface area (Å²) in [6, 6.07) is 15.3. The number of benzene rings is 1. The van der Waals surface area contributed by atoms with Crippen LogP contribution in [0.2, 0.25) is 0 Å². The average molecular weight is 430 g/mol. The number of hydrogen-bond acceptors (Lipinski definition) is 4. The number of rotatable bonds is 3. The lowest BCUT2D eigenvalue weighted by Gasteiger charge is -2.39. The molecular weight excluding hydrogens is 407 g/mol. The highest BCUT2D eigenvalue weighted by molar-refractivity contribution is 5.94. The Balaban J connectivity index is 1.44. The van der Waals surface area contributed by atoms with Crippen molar-refractivity contribution in [1.82, 2.24) is 19.8 Å². The molecule has 0 spiro atoms. The zero-order valence-electron chi connectivity index (χ0n) is 17.5. The number of carbonyl (C=O) groups excluding carboxylic acids is 2. The molecule has 2 saturated heterocycles. The molecule has 3 atom stereocenters. The highest BCUT2D eigenvalue weighted by Gasteiger charge is 2.48. The van der Waals surface area contributed by atoms with Gasteiger partial charge in [0.15, 0.2) is 0 Å². The normalized spacial score (nSPS) is 22.5. The molecule has 0 aliphatic carbocycles. The average Bonchev–Trinajstić information content (AvgIpc) is 3.23. The molecule has 5 rings (SSSR count). The zero-order valence-corrected chi connectivity index (χ0v) is 17.5. The first kappa shape index (κ1) is 20.3. The predicted octanol–water partition coefficient (Wildman–Crippen LogP) is 3.39. The van der Waals surface area contributed by atoms with Crippen molar-refractivity contribution < 1.29 is 14.0 Å². The van der Waals surface area contributed by atoms with E-state index in [1.54, 1.807) is 61.1 Å². The Hall–Kier alpha value is -3.61. The summed E-state index contributed by atoms with van der Waals surface area (Å²) in [6.45, 7) is 1.62. The van der Waals surface area contributed by atoms with E-state index in [4.69, 9.17) is 0 Å². The summed E-state index contributed by atoms with van der Waals surface area (Å²) in [7, 11) is 0. The number of likely N-dealkylation sites (tertiary alicyclic amines) is 2. The third-order valence-electron chi connectivity index (χ3n) is 6.57. The Morgan fingerprint density at radius 2 is 1.78 bits per heavy atom. The minimum absolute atomic E-state index is 0.00231. The Morgan fingerprint density at radius 1 is 0.938 bits per heavy atom. The van der Waals surface area contributed by atoms with Gasteiger partial charge in [-0.05, 0) is 48.4 Å². The van der Waals surface area contributed by atoms with Crippen LogP contribution >= 0.6 is 0 Å². The number of pyridine rings is 2. The largest absolute Gasteiger partial charge is 0.338 e. The standard InChI is InChI=1S/C25H23FN4O2/c26-19-8-6-17(7-9-19)20-16-30(25(32)22-5-1-2-12-28-22)23-10-13-29(15-21(20)23)24(31)18-4-3-11-27-14-18/h1-9,11-12,14,20-21,23H,10,13,15-16H2/t20-,21-,23-/m0/s1. The second kappa shape index (κ2) is 8.49. The molecule has 0 unspecified atom stereocenters. The molecule has 0 saturated carbocycles. The summed E-state index contributed by atoms with van der Waals surface area (Å²) < 4.78 is 13.6. The first-order chi connectivity index (χ1) is 15.6. The van der Waals surface area contributed by atoms with Crippen LogP contribution in [-0.4, -0.2) is 57.3 Å². The SMILES string of the molecule is O=C(c1cccnc1)N1CC[C@H]2[C@@H](C1)[C@H](c1ccc(F)cc1)CN2C(=O)c1ccccn1. The van der Waals surface area contributed by atoms with Crippen LogP contribution in [0, 0.1) is 11.7 Å². The molecule has 7 heteroatoms. The van der Waals surface area contributed by atoms with Gasteiger partial charge in [-0.3, -0.25) is 19.6 Å². The Bertz CT molecular complexity index is 1110. The number of aromatic nitrogens is 2. The van der Waals surface area contributed by atoms with Crippen LogP contribution in [0.1, 0.15) is 38.7 Å². The molecule has 0 radical (unpaired) electrons. The van der Waals surface area contributed by atoms with Crippen molar-refractivity contribution in [3.8, 4) is 0 Å². The minimum atomic E-state index is -0.290. The summed E-state index contributed by atoms with van der Waals surface area (Å²) in [5, 5.41) is 0. The van der Waals surface area contributed by atoms with E-state index < -0.39 is 0 Å². The van der Waals surface area contributed by atoms with Crippen LogP contribution in [0.3, 0.4) is 0 Å². The second-order valence-corrected chi connectivity index (χ2v) is 8.34. The summed E-state index contributed by atoms with van der Waals surface area (Å²) >= 11 is 0. The lowest BCUT2D eigenvalue weighted by Crippen LogP contribution is -2.49. The summed E-state index contributed by atoms with van der Waals surface area (Å²) in [4.78, 5) is 38.4. The second-order valence-electron chi connectivity index (χ2n) is 8.34. The van der Waals surface area contributed by atoms with Gasteiger partial charge in [-0.1, -0.05) is 18.2 Å². The van der Waals surface area contributed by atoms with E-state index in [1.807, 2.05) is 9.80 Å². The van der Waals surface area contributed by atoms with Gasteiger partial charge in [0.1, 0.15) is 11.5 Å². The number of nitrogens with zero attached hydrogens (tertiary/aromatic N) is 4. The zero-order chi connectivity index (χ0) is 22.1.